The average Bonchev–Trinajstić information content (AvgIpc) is 2.82. The van der Waals surface area contributed by atoms with Crippen LogP contribution in [-0.2, 0) is 23.4 Å². The Kier molecular flexibility index (Phi) is 4.01. The second-order valence-electron chi connectivity index (χ2n) is 5.38. The Bertz CT molecular complexity index is 563. The van der Waals surface area contributed by atoms with Gasteiger partial charge < -0.3 is 4.57 Å². The van der Waals surface area contributed by atoms with Crippen molar-refractivity contribution in [2.24, 2.45) is 7.05 Å². The van der Waals surface area contributed by atoms with Gasteiger partial charge in [0, 0.05) is 18.8 Å². The van der Waals surface area contributed by atoms with Gasteiger partial charge in [0.1, 0.15) is 5.82 Å². The normalized spacial score (nSPS) is 22.3. The number of hydrogen-bond acceptors (Lipinski definition) is 4. The zero-order chi connectivity index (χ0) is 14.2. The molecule has 0 spiro atoms. The lowest BCUT2D eigenvalue weighted by Gasteiger charge is -2.26. The van der Waals surface area contributed by atoms with E-state index in [0.29, 0.717) is 11.5 Å². The standard InChI is InChI=1S/C13H23N3O2S/c1-5-16(12-6-7-19(17,18)9-12)8-13-14-10(2)11(3)15(13)4/h12H,5-9H2,1-4H3. The number of rotatable bonds is 4. The first-order chi connectivity index (χ1) is 8.84. The summed E-state index contributed by atoms with van der Waals surface area (Å²) in [7, 11) is -0.807. The van der Waals surface area contributed by atoms with Crippen molar-refractivity contribution < 1.29 is 8.42 Å². The van der Waals surface area contributed by atoms with Crippen LogP contribution in [0.3, 0.4) is 0 Å². The van der Waals surface area contributed by atoms with Crippen LogP contribution in [0.4, 0.5) is 0 Å². The summed E-state index contributed by atoms with van der Waals surface area (Å²) in [6.45, 7) is 7.72. The first kappa shape index (κ1) is 14.5. The van der Waals surface area contributed by atoms with Gasteiger partial charge in [-0.2, -0.15) is 0 Å². The smallest absolute Gasteiger partial charge is 0.151 e. The van der Waals surface area contributed by atoms with Gasteiger partial charge in [0.25, 0.3) is 0 Å². The van der Waals surface area contributed by atoms with Crippen LogP contribution < -0.4 is 0 Å². The fraction of sp³-hybridized carbons (Fsp3) is 0.769. The maximum Gasteiger partial charge on any atom is 0.151 e. The van der Waals surface area contributed by atoms with E-state index in [2.05, 4.69) is 28.3 Å². The van der Waals surface area contributed by atoms with Gasteiger partial charge in [-0.15, -0.1) is 0 Å². The predicted octanol–water partition coefficient (Wildman–Crippen LogP) is 1.05. The summed E-state index contributed by atoms with van der Waals surface area (Å²) in [5, 5.41) is 0. The number of aromatic nitrogens is 2. The summed E-state index contributed by atoms with van der Waals surface area (Å²) in [5.41, 5.74) is 2.22. The van der Waals surface area contributed by atoms with Gasteiger partial charge in [-0.3, -0.25) is 4.90 Å². The van der Waals surface area contributed by atoms with Gasteiger partial charge in [0.15, 0.2) is 9.84 Å². The maximum absolute atomic E-state index is 11.6. The molecule has 0 saturated carbocycles. The minimum Gasteiger partial charge on any atom is -0.334 e. The van der Waals surface area contributed by atoms with E-state index >= 15 is 0 Å². The lowest BCUT2D eigenvalue weighted by molar-refractivity contribution is 0.207. The summed E-state index contributed by atoms with van der Waals surface area (Å²) < 4.78 is 25.3. The fourth-order valence-corrected chi connectivity index (χ4v) is 4.43. The summed E-state index contributed by atoms with van der Waals surface area (Å²) in [5.74, 6) is 1.64. The zero-order valence-electron chi connectivity index (χ0n) is 12.2. The number of sulfone groups is 1. The van der Waals surface area contributed by atoms with E-state index < -0.39 is 9.84 Å². The predicted molar refractivity (Wildman–Crippen MR) is 75.8 cm³/mol. The van der Waals surface area contributed by atoms with Crippen LogP contribution >= 0.6 is 0 Å². The van der Waals surface area contributed by atoms with Crippen molar-refractivity contribution in [3.05, 3.63) is 17.2 Å². The van der Waals surface area contributed by atoms with Gasteiger partial charge in [0.05, 0.1) is 23.7 Å². The first-order valence-electron chi connectivity index (χ1n) is 6.77. The summed E-state index contributed by atoms with van der Waals surface area (Å²) in [6.07, 6.45) is 0.749. The molecule has 1 unspecified atom stereocenters. The Morgan fingerprint density at radius 1 is 1.42 bits per heavy atom. The molecular weight excluding hydrogens is 262 g/mol. The molecule has 1 aliphatic rings. The lowest BCUT2D eigenvalue weighted by atomic mass is 10.2. The third kappa shape index (κ3) is 3.00. The quantitative estimate of drug-likeness (QED) is 0.829. The van der Waals surface area contributed by atoms with Gasteiger partial charge >= 0.3 is 0 Å². The van der Waals surface area contributed by atoms with E-state index in [-0.39, 0.29) is 6.04 Å². The molecule has 0 bridgehead atoms. The largest absolute Gasteiger partial charge is 0.334 e. The molecule has 2 rings (SSSR count). The molecule has 2 heterocycles. The lowest BCUT2D eigenvalue weighted by Crippen LogP contribution is -2.36. The molecule has 0 aromatic carbocycles. The number of imidazole rings is 1. The molecule has 1 fully saturated rings. The summed E-state index contributed by atoms with van der Waals surface area (Å²) in [6, 6.07) is 0.146. The molecule has 0 aliphatic carbocycles. The first-order valence-corrected chi connectivity index (χ1v) is 8.59. The molecule has 1 aromatic heterocycles. The Labute approximate surface area is 115 Å². The summed E-state index contributed by atoms with van der Waals surface area (Å²) in [4.78, 5) is 6.81. The molecule has 6 heteroatoms. The van der Waals surface area contributed by atoms with Crippen molar-refractivity contribution in [1.29, 1.82) is 0 Å². The molecule has 1 atom stereocenters. The molecule has 19 heavy (non-hydrogen) atoms. The highest BCUT2D eigenvalue weighted by molar-refractivity contribution is 7.91. The maximum atomic E-state index is 11.6. The topological polar surface area (TPSA) is 55.2 Å². The molecule has 0 N–H and O–H groups in total. The van der Waals surface area contributed by atoms with Crippen LogP contribution in [0, 0.1) is 13.8 Å². The van der Waals surface area contributed by atoms with Gasteiger partial charge in [-0.1, -0.05) is 6.92 Å². The van der Waals surface area contributed by atoms with Crippen LogP contribution in [0.15, 0.2) is 0 Å². The fourth-order valence-electron chi connectivity index (χ4n) is 2.67. The third-order valence-corrected chi connectivity index (χ3v) is 5.94. The SMILES string of the molecule is CCN(Cc1nc(C)c(C)n1C)C1CCS(=O)(=O)C1. The van der Waals surface area contributed by atoms with Gasteiger partial charge in [-0.25, -0.2) is 13.4 Å². The molecule has 0 amide bonds. The van der Waals surface area contributed by atoms with Crippen molar-refractivity contribution in [3.8, 4) is 0 Å². The van der Waals surface area contributed by atoms with E-state index in [4.69, 9.17) is 0 Å². The van der Waals surface area contributed by atoms with Crippen LogP contribution in [0.1, 0.15) is 30.6 Å². The Morgan fingerprint density at radius 3 is 2.53 bits per heavy atom. The van der Waals surface area contributed by atoms with Crippen molar-refractivity contribution in [3.63, 3.8) is 0 Å². The van der Waals surface area contributed by atoms with E-state index in [0.717, 1.165) is 31.0 Å². The van der Waals surface area contributed by atoms with Crippen LogP contribution in [0.5, 0.6) is 0 Å². The summed E-state index contributed by atoms with van der Waals surface area (Å²) >= 11 is 0. The van der Waals surface area contributed by atoms with E-state index in [9.17, 15) is 8.42 Å². The van der Waals surface area contributed by atoms with Crippen molar-refractivity contribution in [2.45, 2.75) is 39.8 Å². The molecule has 108 valence electrons. The zero-order valence-corrected chi connectivity index (χ0v) is 13.0. The van der Waals surface area contributed by atoms with Crippen LogP contribution in [0.2, 0.25) is 0 Å². The highest BCUT2D eigenvalue weighted by Crippen LogP contribution is 2.20. The second kappa shape index (κ2) is 5.25. The minimum atomic E-state index is -2.82. The Hall–Kier alpha value is -0.880. The molecule has 1 saturated heterocycles. The number of hydrogen-bond donors (Lipinski definition) is 0. The van der Waals surface area contributed by atoms with Crippen molar-refractivity contribution in [1.82, 2.24) is 14.5 Å². The number of aryl methyl sites for hydroxylation is 1. The highest BCUT2D eigenvalue weighted by Gasteiger charge is 2.32. The molecule has 1 aromatic rings. The van der Waals surface area contributed by atoms with Crippen LogP contribution in [0.25, 0.3) is 0 Å². The Morgan fingerprint density at radius 2 is 2.11 bits per heavy atom. The van der Waals surface area contributed by atoms with Crippen LogP contribution in [-0.4, -0.2) is 47.0 Å². The third-order valence-electron chi connectivity index (χ3n) is 4.19. The molecule has 1 aliphatic heterocycles. The van der Waals surface area contributed by atoms with Gasteiger partial charge in [-0.05, 0) is 26.8 Å². The molecule has 5 nitrogen and oxygen atoms in total. The minimum absolute atomic E-state index is 0.146. The van der Waals surface area contributed by atoms with E-state index in [1.165, 1.54) is 5.69 Å². The highest BCUT2D eigenvalue weighted by atomic mass is 32.2. The molecule has 0 radical (unpaired) electrons. The van der Waals surface area contributed by atoms with Gasteiger partial charge in [0.2, 0.25) is 0 Å². The van der Waals surface area contributed by atoms with E-state index in [1.807, 2.05) is 14.0 Å². The second-order valence-corrected chi connectivity index (χ2v) is 7.61. The molecular formula is C13H23N3O2S. The monoisotopic (exact) mass is 285 g/mol. The van der Waals surface area contributed by atoms with E-state index in [1.54, 1.807) is 0 Å². The average molecular weight is 285 g/mol. The number of nitrogens with zero attached hydrogens (tertiary/aromatic N) is 3. The Balaban J connectivity index is 2.13. The van der Waals surface area contributed by atoms with Crippen molar-refractivity contribution in [2.75, 3.05) is 18.1 Å². The van der Waals surface area contributed by atoms with Crippen molar-refractivity contribution >= 4 is 9.84 Å².